The molecule has 0 saturated heterocycles. The Kier molecular flexibility index (Phi) is 4.67. The number of amides is 1. The van der Waals surface area contributed by atoms with Crippen LogP contribution in [0.25, 0.3) is 0 Å². The highest BCUT2D eigenvalue weighted by atomic mass is 35.5. The van der Waals surface area contributed by atoms with E-state index in [9.17, 15) is 20.0 Å². The predicted octanol–water partition coefficient (Wildman–Crippen LogP) is 0.552. The maximum Gasteiger partial charge on any atom is 0.406 e. The van der Waals surface area contributed by atoms with Crippen molar-refractivity contribution in [1.29, 1.82) is 0 Å². The summed E-state index contributed by atoms with van der Waals surface area (Å²) < 4.78 is 5.91. The Labute approximate surface area is 113 Å². The number of aromatic nitrogens is 2. The Morgan fingerprint density at radius 3 is 2.89 bits per heavy atom. The number of nitro groups is 1. The number of imidazole rings is 1. The van der Waals surface area contributed by atoms with E-state index in [2.05, 4.69) is 10.3 Å². The van der Waals surface area contributed by atoms with Crippen LogP contribution in [0.2, 0.25) is 5.28 Å². The molecular weight excluding hydrogens is 280 g/mol. The number of hydrogen-bond donors (Lipinski definition) is 2. The molecule has 1 rings (SSSR count). The maximum atomic E-state index is 10.9. The molecule has 2 N–H and O–H groups in total. The summed E-state index contributed by atoms with van der Waals surface area (Å²) in [4.78, 5) is 24.2. The van der Waals surface area contributed by atoms with Crippen LogP contribution in [-0.4, -0.2) is 44.9 Å². The number of carbonyl (C=O) groups excluding carboxylic acids is 1. The van der Waals surface area contributed by atoms with Crippen molar-refractivity contribution in [3.8, 4) is 0 Å². The molecule has 19 heavy (non-hydrogen) atoms. The number of ether oxygens (including phenoxy) is 1. The van der Waals surface area contributed by atoms with Gasteiger partial charge in [0.05, 0.1) is 6.54 Å². The fourth-order valence-electron chi connectivity index (χ4n) is 1.28. The quantitative estimate of drug-likeness (QED) is 0.604. The minimum Gasteiger partial charge on any atom is -0.446 e. The molecule has 0 spiro atoms. The van der Waals surface area contributed by atoms with Gasteiger partial charge in [0.2, 0.25) is 0 Å². The minimum atomic E-state index is -1.44. The second-order valence-electron chi connectivity index (χ2n) is 4.08. The summed E-state index contributed by atoms with van der Waals surface area (Å²) in [7, 11) is 1.38. The summed E-state index contributed by atoms with van der Waals surface area (Å²) in [6, 6.07) is 0. The van der Waals surface area contributed by atoms with Gasteiger partial charge in [-0.1, -0.05) is 0 Å². The van der Waals surface area contributed by atoms with Gasteiger partial charge in [-0.15, -0.1) is 0 Å². The van der Waals surface area contributed by atoms with Crippen molar-refractivity contribution in [2.24, 2.45) is 0 Å². The van der Waals surface area contributed by atoms with E-state index >= 15 is 0 Å². The first-order valence-corrected chi connectivity index (χ1v) is 5.57. The van der Waals surface area contributed by atoms with E-state index in [4.69, 9.17) is 16.3 Å². The Balaban J connectivity index is 2.71. The number of carbonyl (C=O) groups is 1. The molecule has 0 radical (unpaired) electrons. The third kappa shape index (κ3) is 4.38. The minimum absolute atomic E-state index is 0.107. The molecule has 9 nitrogen and oxygen atoms in total. The lowest BCUT2D eigenvalue weighted by Crippen LogP contribution is -2.38. The van der Waals surface area contributed by atoms with Crippen molar-refractivity contribution in [2.45, 2.75) is 19.1 Å². The molecule has 1 amide bonds. The maximum absolute atomic E-state index is 10.9. The molecule has 0 bridgehead atoms. The molecule has 0 aliphatic heterocycles. The first-order valence-electron chi connectivity index (χ1n) is 5.19. The van der Waals surface area contributed by atoms with Gasteiger partial charge in [0.25, 0.3) is 0 Å². The van der Waals surface area contributed by atoms with Crippen molar-refractivity contribution in [3.05, 3.63) is 21.6 Å². The third-order valence-corrected chi connectivity index (χ3v) is 2.43. The summed E-state index contributed by atoms with van der Waals surface area (Å²) in [5.74, 6) is -0.423. The first kappa shape index (κ1) is 15.2. The molecule has 1 atom stereocenters. The van der Waals surface area contributed by atoms with Crippen LogP contribution in [0.1, 0.15) is 6.92 Å². The highest BCUT2D eigenvalue weighted by Crippen LogP contribution is 2.18. The number of halogens is 1. The molecule has 0 fully saturated rings. The van der Waals surface area contributed by atoms with E-state index in [1.165, 1.54) is 18.5 Å². The normalized spacial score (nSPS) is 13.7. The van der Waals surface area contributed by atoms with Crippen molar-refractivity contribution < 1.29 is 19.6 Å². The third-order valence-electron chi connectivity index (χ3n) is 2.13. The summed E-state index contributed by atoms with van der Waals surface area (Å²) in [6.07, 6.45) is 0.402. The zero-order valence-electron chi connectivity index (χ0n) is 10.3. The number of aliphatic hydroxyl groups is 1. The van der Waals surface area contributed by atoms with Crippen molar-refractivity contribution in [1.82, 2.24) is 14.9 Å². The van der Waals surface area contributed by atoms with Crippen molar-refractivity contribution >= 4 is 23.5 Å². The topological polar surface area (TPSA) is 120 Å². The second-order valence-corrected chi connectivity index (χ2v) is 4.41. The lowest BCUT2D eigenvalue weighted by molar-refractivity contribution is -0.389. The summed E-state index contributed by atoms with van der Waals surface area (Å²) >= 11 is 5.70. The lowest BCUT2D eigenvalue weighted by atomic mass is 10.1. The van der Waals surface area contributed by atoms with Crippen molar-refractivity contribution in [3.63, 3.8) is 0 Å². The average molecular weight is 293 g/mol. The molecule has 0 aliphatic rings. The standard InChI is InChI=1S/C9H13ClN4O5/c1-9(16,5-19-8(15)11-2)4-13-3-6(14(17)18)12-7(13)10/h3,16H,4-5H2,1-2H3,(H,11,15)/t9-/m1/s1. The Morgan fingerprint density at radius 2 is 2.42 bits per heavy atom. The van der Waals surface area contributed by atoms with Crippen LogP contribution >= 0.6 is 11.6 Å². The molecule has 0 saturated carbocycles. The molecular formula is C9H13ClN4O5. The van der Waals surface area contributed by atoms with Gasteiger partial charge in [0.15, 0.2) is 0 Å². The van der Waals surface area contributed by atoms with Crippen LogP contribution in [0.5, 0.6) is 0 Å². The van der Waals surface area contributed by atoms with Gasteiger partial charge >= 0.3 is 17.2 Å². The van der Waals surface area contributed by atoms with Gasteiger partial charge in [-0.2, -0.15) is 0 Å². The van der Waals surface area contributed by atoms with Gasteiger partial charge < -0.3 is 25.3 Å². The zero-order valence-corrected chi connectivity index (χ0v) is 11.0. The van der Waals surface area contributed by atoms with Crippen LogP contribution < -0.4 is 5.32 Å². The number of alkyl carbamates (subject to hydrolysis) is 1. The van der Waals surface area contributed by atoms with Crippen LogP contribution in [-0.2, 0) is 11.3 Å². The molecule has 106 valence electrons. The van der Waals surface area contributed by atoms with E-state index in [1.807, 2.05) is 0 Å². The fraction of sp³-hybridized carbons (Fsp3) is 0.556. The van der Waals surface area contributed by atoms with Crippen LogP contribution in [0.4, 0.5) is 10.6 Å². The predicted molar refractivity (Wildman–Crippen MR) is 64.9 cm³/mol. The molecule has 1 aromatic heterocycles. The van der Waals surface area contributed by atoms with Gasteiger partial charge in [0.1, 0.15) is 18.4 Å². The van der Waals surface area contributed by atoms with Crippen molar-refractivity contribution in [2.75, 3.05) is 13.7 Å². The van der Waals surface area contributed by atoms with Crippen LogP contribution in [0.15, 0.2) is 6.20 Å². The summed E-state index contributed by atoms with van der Waals surface area (Å²) in [6.45, 7) is 0.997. The van der Waals surface area contributed by atoms with Gasteiger partial charge in [0, 0.05) is 7.05 Å². The molecule has 0 aromatic carbocycles. The smallest absolute Gasteiger partial charge is 0.406 e. The number of nitrogens with one attached hydrogen (secondary N) is 1. The molecule has 0 aliphatic carbocycles. The summed E-state index contributed by atoms with van der Waals surface area (Å²) in [5, 5.41) is 22.6. The SMILES string of the molecule is CNC(=O)OC[C@](C)(O)Cn1cc([N+](=O)[O-])nc1Cl. The van der Waals surface area contributed by atoms with E-state index in [-0.39, 0.29) is 18.4 Å². The zero-order chi connectivity index (χ0) is 14.6. The molecule has 0 unspecified atom stereocenters. The highest BCUT2D eigenvalue weighted by molar-refractivity contribution is 6.28. The second kappa shape index (κ2) is 5.85. The monoisotopic (exact) mass is 292 g/mol. The number of nitrogens with zero attached hydrogens (tertiary/aromatic N) is 3. The highest BCUT2D eigenvalue weighted by Gasteiger charge is 2.27. The Bertz CT molecular complexity index is 487. The number of hydrogen-bond acceptors (Lipinski definition) is 6. The first-order chi connectivity index (χ1) is 8.75. The van der Waals surface area contributed by atoms with Crippen LogP contribution in [0.3, 0.4) is 0 Å². The Hall–Kier alpha value is -1.87. The van der Waals surface area contributed by atoms with Gasteiger partial charge in [-0.3, -0.25) is 4.57 Å². The molecule has 1 aromatic rings. The van der Waals surface area contributed by atoms with E-state index in [1.54, 1.807) is 0 Å². The van der Waals surface area contributed by atoms with Gasteiger partial charge in [-0.25, -0.2) is 4.79 Å². The average Bonchev–Trinajstić information content (AvgIpc) is 2.67. The lowest BCUT2D eigenvalue weighted by Gasteiger charge is -2.22. The Morgan fingerprint density at radius 1 is 1.79 bits per heavy atom. The van der Waals surface area contributed by atoms with E-state index < -0.39 is 22.4 Å². The van der Waals surface area contributed by atoms with Gasteiger partial charge in [-0.05, 0) is 28.4 Å². The largest absolute Gasteiger partial charge is 0.446 e. The van der Waals surface area contributed by atoms with E-state index in [0.29, 0.717) is 0 Å². The number of rotatable bonds is 5. The fourth-order valence-corrected chi connectivity index (χ4v) is 1.48. The molecule has 1 heterocycles. The summed E-state index contributed by atoms with van der Waals surface area (Å²) in [5.41, 5.74) is -1.44. The van der Waals surface area contributed by atoms with E-state index in [0.717, 1.165) is 6.20 Å². The molecule has 10 heteroatoms. The van der Waals surface area contributed by atoms with Crippen LogP contribution in [0, 0.1) is 10.1 Å².